The van der Waals surface area contributed by atoms with Crippen LogP contribution in [0.15, 0.2) is 16.7 Å². The Morgan fingerprint density at radius 2 is 2.38 bits per heavy atom. The van der Waals surface area contributed by atoms with Crippen molar-refractivity contribution in [1.82, 2.24) is 4.98 Å². The number of pyridine rings is 1. The van der Waals surface area contributed by atoms with Gasteiger partial charge in [0, 0.05) is 13.0 Å². The highest BCUT2D eigenvalue weighted by atomic mass is 79.9. The second kappa shape index (κ2) is 4.51. The minimum Gasteiger partial charge on any atom is -0.330 e. The fourth-order valence-electron chi connectivity index (χ4n) is 1.91. The summed E-state index contributed by atoms with van der Waals surface area (Å²) in [5.74, 6) is 1.09. The van der Waals surface area contributed by atoms with Gasteiger partial charge < -0.3 is 5.73 Å². The predicted molar refractivity (Wildman–Crippen MR) is 66.2 cm³/mol. The molecule has 0 aliphatic carbocycles. The maximum absolute atomic E-state index is 11.8. The summed E-state index contributed by atoms with van der Waals surface area (Å²) >= 11 is 3.34. The third kappa shape index (κ3) is 2.25. The van der Waals surface area contributed by atoms with E-state index < -0.39 is 0 Å². The van der Waals surface area contributed by atoms with Crippen molar-refractivity contribution in [1.29, 1.82) is 0 Å². The molecule has 0 aromatic carbocycles. The monoisotopic (exact) mass is 283 g/mol. The van der Waals surface area contributed by atoms with E-state index in [0.29, 0.717) is 25.3 Å². The first kappa shape index (κ1) is 11.5. The lowest BCUT2D eigenvalue weighted by Crippen LogP contribution is -2.26. The van der Waals surface area contributed by atoms with Crippen LogP contribution in [0, 0.1) is 12.8 Å². The second-order valence-electron chi connectivity index (χ2n) is 4.14. The Labute approximate surface area is 103 Å². The van der Waals surface area contributed by atoms with Crippen LogP contribution in [0.3, 0.4) is 0 Å². The average Bonchev–Trinajstić information content (AvgIpc) is 2.58. The van der Waals surface area contributed by atoms with E-state index >= 15 is 0 Å². The Morgan fingerprint density at radius 1 is 1.62 bits per heavy atom. The highest BCUT2D eigenvalue weighted by Crippen LogP contribution is 2.25. The van der Waals surface area contributed by atoms with Crippen molar-refractivity contribution < 1.29 is 4.79 Å². The van der Waals surface area contributed by atoms with E-state index in [9.17, 15) is 4.79 Å². The van der Waals surface area contributed by atoms with E-state index in [2.05, 4.69) is 20.9 Å². The normalized spacial score (nSPS) is 20.6. The van der Waals surface area contributed by atoms with Crippen LogP contribution in [0.4, 0.5) is 5.82 Å². The number of nitrogens with zero attached hydrogens (tertiary/aromatic N) is 2. The summed E-state index contributed by atoms with van der Waals surface area (Å²) < 4.78 is 0.756. The second-order valence-corrected chi connectivity index (χ2v) is 4.95. The van der Waals surface area contributed by atoms with E-state index in [0.717, 1.165) is 10.2 Å². The molecule has 0 saturated carbocycles. The summed E-state index contributed by atoms with van der Waals surface area (Å²) in [4.78, 5) is 17.8. The van der Waals surface area contributed by atoms with E-state index in [4.69, 9.17) is 5.73 Å². The van der Waals surface area contributed by atoms with Crippen LogP contribution in [0.1, 0.15) is 12.0 Å². The quantitative estimate of drug-likeness (QED) is 0.836. The smallest absolute Gasteiger partial charge is 0.228 e. The van der Waals surface area contributed by atoms with Crippen LogP contribution >= 0.6 is 15.9 Å². The zero-order valence-corrected chi connectivity index (χ0v) is 10.7. The molecule has 0 radical (unpaired) electrons. The number of anilines is 1. The number of rotatable bonds is 2. The molecule has 1 aliphatic rings. The molecule has 2 heterocycles. The number of hydrogen-bond acceptors (Lipinski definition) is 3. The van der Waals surface area contributed by atoms with Crippen LogP contribution in [0.2, 0.25) is 0 Å². The Balaban J connectivity index is 2.27. The molecule has 2 N–H and O–H groups in total. The van der Waals surface area contributed by atoms with E-state index in [1.54, 1.807) is 4.90 Å². The first-order valence-corrected chi connectivity index (χ1v) is 6.04. The van der Waals surface area contributed by atoms with Gasteiger partial charge in [-0.1, -0.05) is 0 Å². The molecule has 1 aliphatic heterocycles. The van der Waals surface area contributed by atoms with Gasteiger partial charge in [0.1, 0.15) is 10.4 Å². The average molecular weight is 284 g/mol. The first-order chi connectivity index (χ1) is 7.60. The zero-order chi connectivity index (χ0) is 11.7. The molecule has 1 fully saturated rings. The highest BCUT2D eigenvalue weighted by Gasteiger charge is 2.30. The van der Waals surface area contributed by atoms with Crippen LogP contribution < -0.4 is 10.6 Å². The van der Waals surface area contributed by atoms with Gasteiger partial charge in [0.25, 0.3) is 0 Å². The minimum atomic E-state index is 0.112. The number of amides is 1. The molecule has 16 heavy (non-hydrogen) atoms. The van der Waals surface area contributed by atoms with Crippen molar-refractivity contribution >= 4 is 27.7 Å². The molecule has 1 amide bonds. The summed E-state index contributed by atoms with van der Waals surface area (Å²) in [6.07, 6.45) is 0.531. The van der Waals surface area contributed by atoms with Crippen molar-refractivity contribution in [2.75, 3.05) is 18.0 Å². The van der Waals surface area contributed by atoms with Gasteiger partial charge >= 0.3 is 0 Å². The van der Waals surface area contributed by atoms with Crippen LogP contribution in [-0.2, 0) is 4.79 Å². The van der Waals surface area contributed by atoms with Crippen molar-refractivity contribution in [3.8, 4) is 0 Å². The SMILES string of the molecule is Cc1cc(Br)nc(N2CC(CN)CC2=O)c1. The molecule has 1 atom stereocenters. The first-order valence-electron chi connectivity index (χ1n) is 5.25. The molecule has 1 aromatic heterocycles. The predicted octanol–water partition coefficient (Wildman–Crippen LogP) is 1.46. The van der Waals surface area contributed by atoms with Gasteiger partial charge in [-0.25, -0.2) is 4.98 Å². The van der Waals surface area contributed by atoms with Gasteiger partial charge in [-0.3, -0.25) is 9.69 Å². The van der Waals surface area contributed by atoms with Gasteiger partial charge in [0.05, 0.1) is 0 Å². The largest absolute Gasteiger partial charge is 0.330 e. The summed E-state index contributed by atoms with van der Waals surface area (Å²) in [7, 11) is 0. The standard InChI is InChI=1S/C11H14BrN3O/c1-7-2-9(12)14-10(3-7)15-6-8(5-13)4-11(15)16/h2-3,8H,4-6,13H2,1H3. The molecule has 4 nitrogen and oxygen atoms in total. The molecule has 5 heteroatoms. The number of hydrogen-bond donors (Lipinski definition) is 1. The number of halogens is 1. The van der Waals surface area contributed by atoms with Crippen molar-refractivity contribution in [2.24, 2.45) is 11.7 Å². The van der Waals surface area contributed by atoms with Crippen molar-refractivity contribution in [3.63, 3.8) is 0 Å². The Bertz CT molecular complexity index is 401. The minimum absolute atomic E-state index is 0.112. The van der Waals surface area contributed by atoms with E-state index in [1.807, 2.05) is 19.1 Å². The van der Waals surface area contributed by atoms with Crippen molar-refractivity contribution in [3.05, 3.63) is 22.3 Å². The van der Waals surface area contributed by atoms with Crippen molar-refractivity contribution in [2.45, 2.75) is 13.3 Å². The fraction of sp³-hybridized carbons (Fsp3) is 0.455. The number of carbonyl (C=O) groups is 1. The van der Waals surface area contributed by atoms with Crippen LogP contribution in [0.25, 0.3) is 0 Å². The molecule has 2 rings (SSSR count). The summed E-state index contributed by atoms with van der Waals surface area (Å²) in [6.45, 7) is 3.21. The Hall–Kier alpha value is -0.940. The third-order valence-corrected chi connectivity index (χ3v) is 3.15. The third-order valence-electron chi connectivity index (χ3n) is 2.74. The summed E-state index contributed by atoms with van der Waals surface area (Å²) in [5, 5.41) is 0. The maximum atomic E-state index is 11.8. The molecule has 1 aromatic rings. The summed E-state index contributed by atoms with van der Waals surface area (Å²) in [5.41, 5.74) is 6.67. The molecule has 1 saturated heterocycles. The van der Waals surface area contributed by atoms with Gasteiger partial charge in [-0.15, -0.1) is 0 Å². The molecule has 86 valence electrons. The molecular weight excluding hydrogens is 270 g/mol. The van der Waals surface area contributed by atoms with Gasteiger partial charge in [0.2, 0.25) is 5.91 Å². The van der Waals surface area contributed by atoms with Gasteiger partial charge in [-0.2, -0.15) is 0 Å². The summed E-state index contributed by atoms with van der Waals surface area (Å²) in [6, 6.07) is 3.84. The maximum Gasteiger partial charge on any atom is 0.228 e. The molecule has 0 bridgehead atoms. The number of aromatic nitrogens is 1. The van der Waals surface area contributed by atoms with E-state index in [-0.39, 0.29) is 11.8 Å². The number of nitrogens with two attached hydrogens (primary N) is 1. The Kier molecular flexibility index (Phi) is 3.25. The number of aryl methyl sites for hydroxylation is 1. The van der Waals surface area contributed by atoms with Crippen LogP contribution in [-0.4, -0.2) is 24.0 Å². The number of carbonyl (C=O) groups excluding carboxylic acids is 1. The lowest BCUT2D eigenvalue weighted by atomic mass is 10.1. The van der Waals surface area contributed by atoms with Gasteiger partial charge in [-0.05, 0) is 53.0 Å². The Morgan fingerprint density at radius 3 is 2.94 bits per heavy atom. The topological polar surface area (TPSA) is 59.2 Å². The molecule has 0 spiro atoms. The van der Waals surface area contributed by atoms with Gasteiger partial charge in [0.15, 0.2) is 0 Å². The highest BCUT2D eigenvalue weighted by molar-refractivity contribution is 9.10. The van der Waals surface area contributed by atoms with Crippen LogP contribution in [0.5, 0.6) is 0 Å². The lowest BCUT2D eigenvalue weighted by molar-refractivity contribution is -0.117. The fourth-order valence-corrected chi connectivity index (χ4v) is 2.45. The lowest BCUT2D eigenvalue weighted by Gasteiger charge is -2.16. The molecular formula is C11H14BrN3O. The van der Waals surface area contributed by atoms with E-state index in [1.165, 1.54) is 0 Å². The molecule has 1 unspecified atom stereocenters. The zero-order valence-electron chi connectivity index (χ0n) is 9.11.